The van der Waals surface area contributed by atoms with E-state index >= 15 is 0 Å². The number of fused-ring (bicyclic) bond motifs is 1. The molecule has 0 saturated heterocycles. The number of nitrogens with zero attached hydrogens (tertiary/aromatic N) is 2. The maximum Gasteiger partial charge on any atom is 0.316 e. The Bertz CT molecular complexity index is 419. The molecule has 98 valence electrons. The van der Waals surface area contributed by atoms with Gasteiger partial charge in [0.25, 0.3) is 0 Å². The van der Waals surface area contributed by atoms with Crippen LogP contribution in [-0.2, 0) is 6.42 Å². The Morgan fingerprint density at radius 1 is 1.50 bits per heavy atom. The lowest BCUT2D eigenvalue weighted by molar-refractivity contribution is 0.217. The van der Waals surface area contributed by atoms with Crippen LogP contribution in [0.4, 0.5) is 4.79 Å². The van der Waals surface area contributed by atoms with Crippen LogP contribution in [-0.4, -0.2) is 43.1 Å². The average Bonchev–Trinajstić information content (AvgIpc) is 2.77. The quantitative estimate of drug-likeness (QED) is 0.779. The van der Waals surface area contributed by atoms with Crippen molar-refractivity contribution in [1.29, 1.82) is 0 Å². The number of amides is 2. The minimum absolute atomic E-state index is 0.0539. The molecule has 1 unspecified atom stereocenters. The number of hydrogen-bond donors (Lipinski definition) is 2. The third-order valence-electron chi connectivity index (χ3n) is 3.16. The predicted octanol–water partition coefficient (Wildman–Crippen LogP) is 0.930. The normalized spacial score (nSPS) is 17.3. The lowest BCUT2D eigenvalue weighted by Gasteiger charge is -2.15. The Balaban J connectivity index is 1.74. The maximum atomic E-state index is 11.3. The molecule has 2 N–H and O–H groups in total. The SMILES string of the molecule is CN(C)C(=O)NCCNC1CCc2cccnc21. The van der Waals surface area contributed by atoms with E-state index in [1.807, 2.05) is 12.3 Å². The lowest BCUT2D eigenvalue weighted by atomic mass is 10.2. The van der Waals surface area contributed by atoms with Crippen molar-refractivity contribution >= 4 is 6.03 Å². The number of urea groups is 1. The van der Waals surface area contributed by atoms with Crippen molar-refractivity contribution in [3.05, 3.63) is 29.6 Å². The molecule has 2 amide bonds. The van der Waals surface area contributed by atoms with Crippen molar-refractivity contribution in [3.8, 4) is 0 Å². The highest BCUT2D eigenvalue weighted by atomic mass is 16.2. The van der Waals surface area contributed by atoms with Gasteiger partial charge in [0, 0.05) is 33.4 Å². The van der Waals surface area contributed by atoms with Crippen molar-refractivity contribution in [1.82, 2.24) is 20.5 Å². The van der Waals surface area contributed by atoms with E-state index in [1.165, 1.54) is 10.5 Å². The first-order valence-corrected chi connectivity index (χ1v) is 6.31. The first-order valence-electron chi connectivity index (χ1n) is 6.31. The number of carbonyl (C=O) groups is 1. The van der Waals surface area contributed by atoms with Gasteiger partial charge >= 0.3 is 6.03 Å². The van der Waals surface area contributed by atoms with E-state index in [0.717, 1.165) is 25.1 Å². The van der Waals surface area contributed by atoms with Crippen LogP contribution in [0.2, 0.25) is 0 Å². The molecule has 1 aliphatic rings. The van der Waals surface area contributed by atoms with Crippen molar-refractivity contribution in [2.75, 3.05) is 27.2 Å². The molecular formula is C13H20N4O. The minimum Gasteiger partial charge on any atom is -0.337 e. The smallest absolute Gasteiger partial charge is 0.316 e. The summed E-state index contributed by atoms with van der Waals surface area (Å²) in [6, 6.07) is 4.40. The standard InChI is InChI=1S/C13H20N4O/c1-17(2)13(18)16-9-8-14-11-6-5-10-4-3-7-15-12(10)11/h3-4,7,11,14H,5-6,8-9H2,1-2H3,(H,16,18). The van der Waals surface area contributed by atoms with Crippen molar-refractivity contribution in [2.45, 2.75) is 18.9 Å². The zero-order chi connectivity index (χ0) is 13.0. The monoisotopic (exact) mass is 248 g/mol. The van der Waals surface area contributed by atoms with Gasteiger partial charge in [-0.25, -0.2) is 4.79 Å². The molecule has 1 heterocycles. The van der Waals surface area contributed by atoms with Crippen LogP contribution < -0.4 is 10.6 Å². The summed E-state index contributed by atoms with van der Waals surface area (Å²) in [5.74, 6) is 0. The first-order chi connectivity index (χ1) is 8.68. The van der Waals surface area contributed by atoms with Gasteiger partial charge in [0.2, 0.25) is 0 Å². The van der Waals surface area contributed by atoms with Gasteiger partial charge in [-0.1, -0.05) is 6.07 Å². The van der Waals surface area contributed by atoms with E-state index in [2.05, 4.69) is 21.7 Å². The number of aromatic nitrogens is 1. The Morgan fingerprint density at radius 2 is 2.33 bits per heavy atom. The second kappa shape index (κ2) is 5.82. The van der Waals surface area contributed by atoms with E-state index < -0.39 is 0 Å². The summed E-state index contributed by atoms with van der Waals surface area (Å²) in [7, 11) is 3.47. The van der Waals surface area contributed by atoms with Gasteiger partial charge in [0.05, 0.1) is 11.7 Å². The number of rotatable bonds is 4. The Morgan fingerprint density at radius 3 is 3.11 bits per heavy atom. The topological polar surface area (TPSA) is 57.3 Å². The van der Waals surface area contributed by atoms with Crippen LogP contribution in [0.5, 0.6) is 0 Å². The highest BCUT2D eigenvalue weighted by molar-refractivity contribution is 5.73. The maximum absolute atomic E-state index is 11.3. The summed E-state index contributed by atoms with van der Waals surface area (Å²) in [5.41, 5.74) is 2.50. The van der Waals surface area contributed by atoms with Gasteiger partial charge in [0.15, 0.2) is 0 Å². The molecule has 2 rings (SSSR count). The fraction of sp³-hybridized carbons (Fsp3) is 0.538. The number of carbonyl (C=O) groups excluding carboxylic acids is 1. The van der Waals surface area contributed by atoms with E-state index in [0.29, 0.717) is 12.6 Å². The molecule has 0 fully saturated rings. The van der Waals surface area contributed by atoms with Crippen LogP contribution >= 0.6 is 0 Å². The molecule has 0 radical (unpaired) electrons. The molecule has 0 aliphatic heterocycles. The summed E-state index contributed by atoms with van der Waals surface area (Å²) >= 11 is 0. The van der Waals surface area contributed by atoms with Gasteiger partial charge in [0.1, 0.15) is 0 Å². The fourth-order valence-corrected chi connectivity index (χ4v) is 2.19. The number of nitrogens with one attached hydrogen (secondary N) is 2. The molecule has 0 bridgehead atoms. The predicted molar refractivity (Wildman–Crippen MR) is 70.4 cm³/mol. The molecule has 1 aromatic rings. The van der Waals surface area contributed by atoms with Gasteiger partial charge < -0.3 is 15.5 Å². The summed E-state index contributed by atoms with van der Waals surface area (Å²) in [4.78, 5) is 17.3. The molecule has 0 saturated carbocycles. The molecule has 5 heteroatoms. The van der Waals surface area contributed by atoms with Crippen LogP contribution in [0.3, 0.4) is 0 Å². The second-order valence-corrected chi connectivity index (χ2v) is 4.72. The number of aryl methyl sites for hydroxylation is 1. The van der Waals surface area contributed by atoms with Crippen molar-refractivity contribution in [2.24, 2.45) is 0 Å². The summed E-state index contributed by atoms with van der Waals surface area (Å²) in [6.07, 6.45) is 4.02. The molecular weight excluding hydrogens is 228 g/mol. The molecule has 5 nitrogen and oxygen atoms in total. The van der Waals surface area contributed by atoms with Gasteiger partial charge in [-0.2, -0.15) is 0 Å². The van der Waals surface area contributed by atoms with Crippen LogP contribution in [0.25, 0.3) is 0 Å². The van der Waals surface area contributed by atoms with Gasteiger partial charge in [-0.3, -0.25) is 4.98 Å². The molecule has 0 aromatic carbocycles. The third-order valence-corrected chi connectivity index (χ3v) is 3.16. The molecule has 0 spiro atoms. The van der Waals surface area contributed by atoms with Gasteiger partial charge in [-0.05, 0) is 24.5 Å². The van der Waals surface area contributed by atoms with Crippen LogP contribution in [0.1, 0.15) is 23.7 Å². The minimum atomic E-state index is -0.0539. The van der Waals surface area contributed by atoms with Crippen molar-refractivity contribution < 1.29 is 4.79 Å². The fourth-order valence-electron chi connectivity index (χ4n) is 2.19. The van der Waals surface area contributed by atoms with E-state index in [9.17, 15) is 4.79 Å². The first kappa shape index (κ1) is 12.8. The average molecular weight is 248 g/mol. The summed E-state index contributed by atoms with van der Waals surface area (Å²) < 4.78 is 0. The highest BCUT2D eigenvalue weighted by Crippen LogP contribution is 2.28. The number of pyridine rings is 1. The van der Waals surface area contributed by atoms with Gasteiger partial charge in [-0.15, -0.1) is 0 Å². The largest absolute Gasteiger partial charge is 0.337 e. The van der Waals surface area contributed by atoms with E-state index in [1.54, 1.807) is 14.1 Å². The summed E-state index contributed by atoms with van der Waals surface area (Å²) in [5, 5.41) is 6.27. The third kappa shape index (κ3) is 2.98. The molecule has 18 heavy (non-hydrogen) atoms. The zero-order valence-corrected chi connectivity index (χ0v) is 10.9. The second-order valence-electron chi connectivity index (χ2n) is 4.72. The van der Waals surface area contributed by atoms with Crippen LogP contribution in [0.15, 0.2) is 18.3 Å². The van der Waals surface area contributed by atoms with Crippen molar-refractivity contribution in [3.63, 3.8) is 0 Å². The molecule has 1 atom stereocenters. The summed E-state index contributed by atoms with van der Waals surface area (Å²) in [6.45, 7) is 1.40. The highest BCUT2D eigenvalue weighted by Gasteiger charge is 2.22. The van der Waals surface area contributed by atoms with E-state index in [4.69, 9.17) is 0 Å². The zero-order valence-electron chi connectivity index (χ0n) is 10.9. The molecule has 1 aromatic heterocycles. The van der Waals surface area contributed by atoms with Crippen LogP contribution in [0, 0.1) is 0 Å². The Labute approximate surface area is 108 Å². The number of hydrogen-bond acceptors (Lipinski definition) is 3. The van der Waals surface area contributed by atoms with E-state index in [-0.39, 0.29) is 6.03 Å². The Kier molecular flexibility index (Phi) is 4.15. The Hall–Kier alpha value is -1.62. The molecule has 1 aliphatic carbocycles. The lowest BCUT2D eigenvalue weighted by Crippen LogP contribution is -2.39.